The van der Waals surface area contributed by atoms with Crippen LogP contribution < -0.4 is 0 Å². The molecule has 36 bridgehead atoms. The van der Waals surface area contributed by atoms with Gasteiger partial charge in [0.05, 0.1) is 79.3 Å². The summed E-state index contributed by atoms with van der Waals surface area (Å²) in [5, 5.41) is 0. The normalized spacial score (nSPS) is 36.0. The molecule has 0 saturated carbocycles. The summed E-state index contributed by atoms with van der Waals surface area (Å²) in [6, 6.07) is -15.8. The van der Waals surface area contributed by atoms with Crippen LogP contribution in [0.4, 0.5) is 57.5 Å². The second-order valence-corrected chi connectivity index (χ2v) is 29.9. The number of urea groups is 12. The van der Waals surface area contributed by atoms with Crippen molar-refractivity contribution in [2.75, 3.05) is 159 Å². The van der Waals surface area contributed by atoms with Crippen molar-refractivity contribution in [2.45, 2.75) is 70.2 Å². The predicted octanol–water partition coefficient (Wildman–Crippen LogP) is 0.700. The largest absolute Gasteiger partial charge is 0.330 e. The van der Waals surface area contributed by atoms with E-state index >= 15 is 57.5 Å². The Morgan fingerprint density at radius 1 is 0.150 bits per heavy atom. The van der Waals surface area contributed by atoms with Crippen LogP contribution in [0.2, 0.25) is 0 Å². The van der Waals surface area contributed by atoms with Gasteiger partial charge in [-0.1, -0.05) is 72.9 Å². The van der Waals surface area contributed by atoms with E-state index in [1.807, 2.05) is 0 Å². The Balaban J connectivity index is 1.01. The minimum absolute atomic E-state index is 0.696. The summed E-state index contributed by atoms with van der Waals surface area (Å²) < 4.78 is 86.6. The molecule has 18 rings (SSSR count). The van der Waals surface area contributed by atoms with Gasteiger partial charge in [-0.05, 0) is 0 Å². The van der Waals surface area contributed by atoms with E-state index in [0.717, 1.165) is 118 Å². The second-order valence-electron chi connectivity index (χ2n) is 29.9. The fraction of sp³-hybridized carbons (Fsp3) is 0.500. The van der Waals surface area contributed by atoms with Crippen LogP contribution in [0.15, 0.2) is 152 Å². The minimum atomic E-state index is -3.09. The molecule has 18 saturated heterocycles. The molecule has 18 aliphatic heterocycles. The van der Waals surface area contributed by atoms with Gasteiger partial charge in [-0.25, -0.2) is 57.5 Å². The molecule has 18 aliphatic rings. The first-order valence-corrected chi connectivity index (χ1v) is 38.0. The average molecular weight is 1670 g/mol. The van der Waals surface area contributed by atoms with Crippen molar-refractivity contribution in [3.05, 3.63) is 152 Å². The van der Waals surface area contributed by atoms with Gasteiger partial charge in [0.2, 0.25) is 0 Å². The Morgan fingerprint density at radius 3 is 0.258 bits per heavy atom. The number of hydrogen-bond acceptors (Lipinski definition) is 24. The second kappa shape index (κ2) is 25.6. The molecule has 636 valence electrons. The number of nitrogens with zero attached hydrogens (tertiary/aromatic N) is 24. The summed E-state index contributed by atoms with van der Waals surface area (Å²) in [4.78, 5) is 233. The minimum Gasteiger partial charge on any atom is -0.328 e. The molecule has 0 N–H and O–H groups in total. The third-order valence-electron chi connectivity index (χ3n) is 25.1. The number of carbonyl (C=O) groups excluding carboxylic acids is 12. The predicted molar refractivity (Wildman–Crippen MR) is 394 cm³/mol. The Bertz CT molecular complexity index is 3600. The Morgan fingerprint density at radius 2 is 0.208 bits per heavy atom. The van der Waals surface area contributed by atoms with Gasteiger partial charge < -0.3 is 56.8 Å². The molecule has 0 unspecified atom stereocenters. The van der Waals surface area contributed by atoms with Gasteiger partial charge in [-0.15, -0.1) is 78.9 Å². The van der Waals surface area contributed by atoms with Gasteiger partial charge in [-0.2, -0.15) is 0 Å². The standard InChI is InChI=1S/C72H84N24O24/c1-13-25-109-61-62(110-26-14-2)75-39-79-53(101)83-43-87-57(105)91-47-95-60(108)94-46-90-56(104)86-42-82-52(100)78(38-74(61)50(75)98)64(112-28-16-4)66(82,114-30-18-6)80-40-76(62)49(97)73(61)37-77-51(99)81(65(79,113-29-17-5)63(77,83)111-27-15-3)41-85-55(103)89(69(87,117-33-21-9)67(85,91)115-31-19-7)45-93-59(107)96(72(95,120-36-24-12)71(93,94)119-35-23-11)48-92-58(106)88(44-84(64)54(80)102)70(90,118-34-22-10)68(86,92)116-32-20-8/h13-24H,1-12,25-48H2. The van der Waals surface area contributed by atoms with Crippen LogP contribution in [0.25, 0.3) is 0 Å². The zero-order valence-electron chi connectivity index (χ0n) is 64.9. The zero-order valence-corrected chi connectivity index (χ0v) is 64.9. The fourth-order valence-electron chi connectivity index (χ4n) is 21.4. The summed E-state index contributed by atoms with van der Waals surface area (Å²) in [7, 11) is 0. The quantitative estimate of drug-likeness (QED) is 0.0779. The molecule has 24 amide bonds. The number of rotatable bonds is 36. The van der Waals surface area contributed by atoms with Crippen molar-refractivity contribution in [3.63, 3.8) is 0 Å². The van der Waals surface area contributed by atoms with E-state index in [-0.39, 0.29) is 0 Å². The first-order valence-electron chi connectivity index (χ1n) is 38.0. The van der Waals surface area contributed by atoms with E-state index < -0.39 is 302 Å². The Labute approximate surface area is 683 Å². The summed E-state index contributed by atoms with van der Waals surface area (Å²) in [6.45, 7) is 23.4. The lowest BCUT2D eigenvalue weighted by molar-refractivity contribution is -0.396. The van der Waals surface area contributed by atoms with Crippen molar-refractivity contribution < 1.29 is 114 Å². The molecular formula is C72H84N24O24. The highest BCUT2D eigenvalue weighted by Crippen LogP contribution is 2.69. The summed E-state index contributed by atoms with van der Waals surface area (Å²) in [6.07, 6.45) is 14.8. The third kappa shape index (κ3) is 7.62. The average Bonchev–Trinajstić information content (AvgIpc) is 1.45. The molecule has 0 aliphatic carbocycles. The molecular weight excluding hydrogens is 1580 g/mol. The molecule has 48 nitrogen and oxygen atoms in total. The maximum atomic E-state index is 17.8. The Hall–Kier alpha value is -12.4. The van der Waals surface area contributed by atoms with Crippen LogP contribution in [0.3, 0.4) is 0 Å². The van der Waals surface area contributed by atoms with Gasteiger partial charge in [0.15, 0.2) is 0 Å². The van der Waals surface area contributed by atoms with E-state index in [0.29, 0.717) is 0 Å². The smallest absolute Gasteiger partial charge is 0.328 e. The molecule has 0 spiro atoms. The van der Waals surface area contributed by atoms with Crippen molar-refractivity contribution in [3.8, 4) is 0 Å². The molecule has 120 heavy (non-hydrogen) atoms. The van der Waals surface area contributed by atoms with E-state index in [2.05, 4.69) is 78.9 Å². The lowest BCUT2D eigenvalue weighted by atomic mass is 10.1. The van der Waals surface area contributed by atoms with Crippen molar-refractivity contribution in [1.29, 1.82) is 0 Å². The lowest BCUT2D eigenvalue weighted by Gasteiger charge is -2.55. The van der Waals surface area contributed by atoms with Crippen molar-refractivity contribution in [2.24, 2.45) is 0 Å². The van der Waals surface area contributed by atoms with Gasteiger partial charge in [0.1, 0.15) is 80.0 Å². The van der Waals surface area contributed by atoms with Crippen LogP contribution in [-0.4, -0.2) is 419 Å². The maximum Gasteiger partial charge on any atom is 0.330 e. The molecule has 0 atom stereocenters. The van der Waals surface area contributed by atoms with Crippen LogP contribution in [-0.2, 0) is 56.8 Å². The van der Waals surface area contributed by atoms with Gasteiger partial charge in [0.25, 0.3) is 0 Å². The molecule has 18 fully saturated rings. The summed E-state index contributed by atoms with van der Waals surface area (Å²) >= 11 is 0. The third-order valence-corrected chi connectivity index (χ3v) is 25.1. The molecule has 0 aromatic carbocycles. The topological polar surface area (TPSA) is 393 Å². The molecule has 0 radical (unpaired) electrons. The van der Waals surface area contributed by atoms with E-state index in [9.17, 15) is 0 Å². The molecule has 0 aromatic heterocycles. The monoisotopic (exact) mass is 1670 g/mol. The van der Waals surface area contributed by atoms with E-state index in [1.165, 1.54) is 72.9 Å². The fourth-order valence-corrected chi connectivity index (χ4v) is 21.4. The van der Waals surface area contributed by atoms with Crippen LogP contribution >= 0.6 is 0 Å². The van der Waals surface area contributed by atoms with Crippen LogP contribution in [0.1, 0.15) is 0 Å². The molecule has 0 aromatic rings. The van der Waals surface area contributed by atoms with Crippen LogP contribution in [0.5, 0.6) is 0 Å². The van der Waals surface area contributed by atoms with E-state index in [1.54, 1.807) is 0 Å². The highest BCUT2D eigenvalue weighted by molar-refractivity contribution is 5.98. The maximum absolute atomic E-state index is 17.8. The molecule has 48 heteroatoms. The highest BCUT2D eigenvalue weighted by Gasteiger charge is 2.97. The number of hydrogen-bond donors (Lipinski definition) is 0. The van der Waals surface area contributed by atoms with Gasteiger partial charge >= 0.3 is 143 Å². The highest BCUT2D eigenvalue weighted by atomic mass is 16.7. The lowest BCUT2D eigenvalue weighted by Crippen LogP contribution is -2.80. The summed E-state index contributed by atoms with van der Waals surface area (Å²) in [5.41, 5.74) is 0. The molecule has 18 heterocycles. The number of amides is 24. The zero-order chi connectivity index (χ0) is 84.7. The van der Waals surface area contributed by atoms with Gasteiger partial charge in [0, 0.05) is 0 Å². The number of carbonyl (C=O) groups is 12. The summed E-state index contributed by atoms with van der Waals surface area (Å²) in [5.74, 6) is -37.1. The van der Waals surface area contributed by atoms with Crippen molar-refractivity contribution >= 4 is 72.4 Å². The van der Waals surface area contributed by atoms with E-state index in [4.69, 9.17) is 56.8 Å². The van der Waals surface area contributed by atoms with Gasteiger partial charge in [-0.3, -0.25) is 118 Å². The SMILES string of the molecule is C=CCOC12N3CN4C(=O)N5CN6C(=O)N7CN8C(=O)N9CN%10C(=O)N%11CN%12C(=O)N%13CN(C3=O)C1(OCC=C)N1CN3C(=O)N(CN%14C(=O)N(CN%15C(=O)N(CN%16C(=O)N(CN%17C(=O)N(CN2C1=O)C%12(OCC=C)C%13%17OCC=C)C%10(OCC=C)C%11%16OCC=C)C8(OCC=C)C%159OCC=C)C6(OCC=C)C%147OCC=C)C4(OCC=C)C35OCC=C. The van der Waals surface area contributed by atoms with Crippen LogP contribution in [0, 0.1) is 0 Å². The number of ether oxygens (including phenoxy) is 12. The van der Waals surface area contributed by atoms with Crippen molar-refractivity contribution in [1.82, 2.24) is 118 Å². The Kier molecular flexibility index (Phi) is 16.5. The first-order chi connectivity index (χ1) is 57.9. The first kappa shape index (κ1) is 77.5.